The molecule has 0 N–H and O–H groups in total. The lowest BCUT2D eigenvalue weighted by Gasteiger charge is -2.18. The summed E-state index contributed by atoms with van der Waals surface area (Å²) in [5.74, 6) is 0. The maximum atomic E-state index is 12.5. The number of hydrogen-bond donors (Lipinski definition) is 0. The van der Waals surface area contributed by atoms with Crippen molar-refractivity contribution in [3.8, 4) is 0 Å². The average Bonchev–Trinajstić information content (AvgIpc) is 2.62. The Morgan fingerprint density at radius 3 is 2.56 bits per heavy atom. The summed E-state index contributed by atoms with van der Waals surface area (Å²) in [5.41, 5.74) is 0.913. The Kier molecular flexibility index (Phi) is 7.04. The van der Waals surface area contributed by atoms with Crippen molar-refractivity contribution in [1.82, 2.24) is 14.1 Å². The van der Waals surface area contributed by atoms with Crippen LogP contribution in [-0.2, 0) is 27.7 Å². The summed E-state index contributed by atoms with van der Waals surface area (Å²) in [4.78, 5) is 12.4. The van der Waals surface area contributed by atoms with E-state index in [1.54, 1.807) is 19.1 Å². The number of rotatable bonds is 7. The van der Waals surface area contributed by atoms with Crippen LogP contribution < -0.4 is 5.56 Å². The van der Waals surface area contributed by atoms with Crippen molar-refractivity contribution in [2.75, 3.05) is 21.2 Å². The van der Waals surface area contributed by atoms with E-state index in [9.17, 15) is 13.2 Å². The molecule has 0 bridgehead atoms. The highest BCUT2D eigenvalue weighted by molar-refractivity contribution is 7.89. The summed E-state index contributed by atoms with van der Waals surface area (Å²) in [6.45, 7) is 1.89. The Labute approximate surface area is 168 Å². The number of ether oxygens (including phenoxy) is 1. The van der Waals surface area contributed by atoms with Crippen molar-refractivity contribution in [3.05, 3.63) is 55.9 Å². The monoisotopic (exact) mass is 433 g/mol. The molecule has 148 valence electrons. The second kappa shape index (κ2) is 8.70. The van der Waals surface area contributed by atoms with Crippen molar-refractivity contribution in [2.24, 2.45) is 0 Å². The summed E-state index contributed by atoms with van der Waals surface area (Å²) in [5, 5.41) is 3.95. The first-order chi connectivity index (χ1) is 12.6. The molecule has 0 fully saturated rings. The molecule has 1 aromatic heterocycles. The highest BCUT2D eigenvalue weighted by Gasteiger charge is 2.21. The molecule has 0 aliphatic heterocycles. The molecule has 0 amide bonds. The third-order valence-corrected chi connectivity index (χ3v) is 6.83. The third-order valence-electron chi connectivity index (χ3n) is 4.13. The van der Waals surface area contributed by atoms with E-state index in [2.05, 4.69) is 5.10 Å². The quantitative estimate of drug-likeness (QED) is 0.669. The van der Waals surface area contributed by atoms with Gasteiger partial charge in [0, 0.05) is 27.6 Å². The van der Waals surface area contributed by atoms with Crippen LogP contribution in [0.5, 0.6) is 0 Å². The molecule has 0 saturated carbocycles. The lowest BCUT2D eigenvalue weighted by molar-refractivity contribution is 0.0834. The van der Waals surface area contributed by atoms with E-state index in [1.807, 2.05) is 6.07 Å². The predicted octanol–water partition coefficient (Wildman–Crippen LogP) is 2.37. The number of methoxy groups -OCH3 is 1. The molecule has 1 heterocycles. The van der Waals surface area contributed by atoms with Gasteiger partial charge in [-0.1, -0.05) is 35.3 Å². The Bertz CT molecular complexity index is 990. The molecule has 2 rings (SSSR count). The lowest BCUT2D eigenvalue weighted by Crippen LogP contribution is -2.31. The molecule has 1 unspecified atom stereocenters. The normalized spacial score (nSPS) is 13.1. The minimum atomic E-state index is -3.56. The summed E-state index contributed by atoms with van der Waals surface area (Å²) in [6.07, 6.45) is 1.28. The van der Waals surface area contributed by atoms with E-state index >= 15 is 0 Å². The number of aryl methyl sites for hydroxylation is 1. The number of hydrogen-bond acceptors (Lipinski definition) is 5. The van der Waals surface area contributed by atoms with Crippen LogP contribution in [0.1, 0.15) is 11.1 Å². The molecular weight excluding hydrogens is 413 g/mol. The molecule has 0 spiro atoms. The first-order valence-electron chi connectivity index (χ1n) is 8.04. The molecule has 1 aromatic carbocycles. The van der Waals surface area contributed by atoms with Gasteiger partial charge in [0.05, 0.1) is 28.8 Å². The van der Waals surface area contributed by atoms with Gasteiger partial charge in [0.15, 0.2) is 0 Å². The Balaban J connectivity index is 2.30. The van der Waals surface area contributed by atoms with Gasteiger partial charge >= 0.3 is 0 Å². The molecule has 27 heavy (non-hydrogen) atoms. The van der Waals surface area contributed by atoms with Crippen molar-refractivity contribution >= 4 is 33.2 Å². The first-order valence-corrected chi connectivity index (χ1v) is 10.2. The van der Waals surface area contributed by atoms with E-state index in [1.165, 1.54) is 36.4 Å². The van der Waals surface area contributed by atoms with Crippen LogP contribution in [0.4, 0.5) is 0 Å². The van der Waals surface area contributed by atoms with Gasteiger partial charge in [0.2, 0.25) is 10.0 Å². The number of aromatic nitrogens is 2. The summed E-state index contributed by atoms with van der Waals surface area (Å²) in [6, 6.07) is 5.21. The Morgan fingerprint density at radius 2 is 1.96 bits per heavy atom. The number of sulfonamides is 1. The number of nitrogens with zero attached hydrogens (tertiary/aromatic N) is 3. The second-order valence-corrected chi connectivity index (χ2v) is 9.15. The largest absolute Gasteiger partial charge is 0.379 e. The molecule has 2 aromatic rings. The molecular formula is C17H21Cl2N3O4S. The highest BCUT2D eigenvalue weighted by atomic mass is 35.5. The molecule has 10 heteroatoms. The van der Waals surface area contributed by atoms with Crippen molar-refractivity contribution < 1.29 is 13.2 Å². The average molecular weight is 434 g/mol. The van der Waals surface area contributed by atoms with E-state index in [-0.39, 0.29) is 21.5 Å². The van der Waals surface area contributed by atoms with Gasteiger partial charge in [-0.3, -0.25) is 4.79 Å². The Hall–Kier alpha value is -1.45. The fourth-order valence-corrected chi connectivity index (χ4v) is 3.94. The summed E-state index contributed by atoms with van der Waals surface area (Å²) in [7, 11) is 0.933. The SMILES string of the molecule is COC(Cc1ccc(C)c(S(=O)(=O)N(C)C)c1)Cn1ncc(Cl)c(Cl)c1=O. The molecule has 0 aliphatic carbocycles. The molecule has 0 radical (unpaired) electrons. The number of halogens is 2. The van der Waals surface area contributed by atoms with Gasteiger partial charge in [0.25, 0.3) is 5.56 Å². The second-order valence-electron chi connectivity index (χ2n) is 6.24. The third kappa shape index (κ3) is 4.89. The maximum absolute atomic E-state index is 12.5. The van der Waals surface area contributed by atoms with E-state index in [0.29, 0.717) is 12.0 Å². The fourth-order valence-electron chi connectivity index (χ4n) is 2.50. The zero-order valence-corrected chi connectivity index (χ0v) is 17.8. The van der Waals surface area contributed by atoms with Crippen LogP contribution >= 0.6 is 23.2 Å². The van der Waals surface area contributed by atoms with Gasteiger partial charge in [-0.05, 0) is 24.1 Å². The van der Waals surface area contributed by atoms with E-state index in [4.69, 9.17) is 27.9 Å². The van der Waals surface area contributed by atoms with Crippen molar-refractivity contribution in [1.29, 1.82) is 0 Å². The Morgan fingerprint density at radius 1 is 1.30 bits per heavy atom. The van der Waals surface area contributed by atoms with Crippen LogP contribution in [0.15, 0.2) is 34.1 Å². The van der Waals surface area contributed by atoms with Gasteiger partial charge in [-0.2, -0.15) is 5.10 Å². The topological polar surface area (TPSA) is 81.5 Å². The predicted molar refractivity (Wildman–Crippen MR) is 105 cm³/mol. The van der Waals surface area contributed by atoms with Crippen LogP contribution in [-0.4, -0.2) is 49.8 Å². The van der Waals surface area contributed by atoms with Gasteiger partial charge < -0.3 is 4.74 Å². The van der Waals surface area contributed by atoms with Gasteiger partial charge in [-0.25, -0.2) is 17.4 Å². The smallest absolute Gasteiger partial charge is 0.287 e. The zero-order valence-electron chi connectivity index (χ0n) is 15.4. The molecule has 7 nitrogen and oxygen atoms in total. The van der Waals surface area contributed by atoms with Crippen molar-refractivity contribution in [2.45, 2.75) is 30.9 Å². The lowest BCUT2D eigenvalue weighted by atomic mass is 10.1. The van der Waals surface area contributed by atoms with Crippen LogP contribution in [0, 0.1) is 6.92 Å². The molecule has 1 atom stereocenters. The summed E-state index contributed by atoms with van der Waals surface area (Å²) < 4.78 is 32.8. The fraction of sp³-hybridized carbons (Fsp3) is 0.412. The van der Waals surface area contributed by atoms with Crippen molar-refractivity contribution in [3.63, 3.8) is 0 Å². The van der Waals surface area contributed by atoms with Crippen LogP contribution in [0.25, 0.3) is 0 Å². The van der Waals surface area contributed by atoms with Crippen LogP contribution in [0.2, 0.25) is 10.0 Å². The molecule has 0 aliphatic rings. The van der Waals surface area contributed by atoms with E-state index < -0.39 is 21.7 Å². The molecule has 0 saturated heterocycles. The minimum Gasteiger partial charge on any atom is -0.379 e. The number of benzene rings is 1. The summed E-state index contributed by atoms with van der Waals surface area (Å²) >= 11 is 11.7. The van der Waals surface area contributed by atoms with Gasteiger partial charge in [0.1, 0.15) is 5.02 Å². The highest BCUT2D eigenvalue weighted by Crippen LogP contribution is 2.21. The standard InChI is InChI=1S/C17H21Cl2N3O4S/c1-11-5-6-12(8-15(11)27(24,25)21(2)3)7-13(26-4)10-22-17(23)16(19)14(18)9-20-22/h5-6,8-9,13H,7,10H2,1-4H3. The first kappa shape index (κ1) is 21.8. The van der Waals surface area contributed by atoms with Crippen LogP contribution in [0.3, 0.4) is 0 Å². The maximum Gasteiger partial charge on any atom is 0.287 e. The van der Waals surface area contributed by atoms with E-state index in [0.717, 1.165) is 5.56 Å². The van der Waals surface area contributed by atoms with Gasteiger partial charge in [-0.15, -0.1) is 0 Å². The minimum absolute atomic E-state index is 0.0870. The zero-order chi connectivity index (χ0) is 20.4.